The minimum atomic E-state index is -4.14. The monoisotopic (exact) mass is 274 g/mol. The fraction of sp³-hybridized carbons (Fsp3) is 0.667. The summed E-state index contributed by atoms with van der Waals surface area (Å²) in [5.74, 6) is -0.914. The van der Waals surface area contributed by atoms with Gasteiger partial charge in [-0.3, -0.25) is 0 Å². The number of nitrogens with two attached hydrogens (primary N) is 1. The van der Waals surface area contributed by atoms with Crippen molar-refractivity contribution in [1.29, 1.82) is 0 Å². The molecule has 1 unspecified atom stereocenters. The lowest BCUT2D eigenvalue weighted by Crippen LogP contribution is -2.42. The van der Waals surface area contributed by atoms with Crippen LogP contribution < -0.4 is 10.6 Å². The van der Waals surface area contributed by atoms with E-state index in [1.54, 1.807) is 17.3 Å². The summed E-state index contributed by atoms with van der Waals surface area (Å²) in [5, 5.41) is 0. The molecule has 1 aromatic rings. The van der Waals surface area contributed by atoms with Gasteiger partial charge in [0.05, 0.1) is 5.92 Å². The highest BCUT2D eigenvalue weighted by atomic mass is 19.4. The first-order valence-corrected chi connectivity index (χ1v) is 6.33. The lowest BCUT2D eigenvalue weighted by molar-refractivity contribution is -0.176. The maximum Gasteiger partial charge on any atom is 0.393 e. The molecule has 1 saturated heterocycles. The maximum atomic E-state index is 12.7. The highest BCUT2D eigenvalue weighted by Crippen LogP contribution is 2.33. The van der Waals surface area contributed by atoms with Gasteiger partial charge in [-0.1, -0.05) is 0 Å². The summed E-state index contributed by atoms with van der Waals surface area (Å²) in [6.45, 7) is 1.02. The fourth-order valence-corrected chi connectivity index (χ4v) is 2.23. The molecule has 106 valence electrons. The molecule has 1 aliphatic rings. The lowest BCUT2D eigenvalue weighted by Gasteiger charge is -2.33. The molecule has 0 radical (unpaired) electrons. The highest BCUT2D eigenvalue weighted by molar-refractivity contribution is 5.31. The van der Waals surface area contributed by atoms with Gasteiger partial charge in [0, 0.05) is 25.5 Å². The average Bonchev–Trinajstić information content (AvgIpc) is 2.39. The molecule has 0 aromatic carbocycles. The van der Waals surface area contributed by atoms with Crippen molar-refractivity contribution in [2.45, 2.75) is 25.4 Å². The largest absolute Gasteiger partial charge is 0.393 e. The molecule has 0 aliphatic carbocycles. The molecular weight excluding hydrogens is 257 g/mol. The molecule has 0 saturated carbocycles. The van der Waals surface area contributed by atoms with E-state index in [0.29, 0.717) is 31.9 Å². The van der Waals surface area contributed by atoms with Gasteiger partial charge < -0.3 is 10.6 Å². The average molecular weight is 274 g/mol. The number of piperidine rings is 1. The van der Waals surface area contributed by atoms with Crippen molar-refractivity contribution in [2.24, 2.45) is 11.7 Å². The molecule has 7 heteroatoms. The van der Waals surface area contributed by atoms with Crippen molar-refractivity contribution in [3.8, 4) is 0 Å². The Hall–Kier alpha value is -1.37. The summed E-state index contributed by atoms with van der Waals surface area (Å²) in [4.78, 5) is 9.86. The number of anilines is 1. The van der Waals surface area contributed by atoms with Crippen LogP contribution in [0.25, 0.3) is 0 Å². The summed E-state index contributed by atoms with van der Waals surface area (Å²) in [6.07, 6.45) is 0.492. The van der Waals surface area contributed by atoms with E-state index in [-0.39, 0.29) is 13.0 Å². The van der Waals surface area contributed by atoms with Crippen molar-refractivity contribution in [2.75, 3.05) is 24.5 Å². The first kappa shape index (κ1) is 14.0. The van der Waals surface area contributed by atoms with Crippen molar-refractivity contribution >= 4 is 5.95 Å². The molecule has 0 amide bonds. The standard InChI is InChI=1S/C12H17F3N4/c13-12(14,15)10-2-1-5-19(8-10)11-17-6-9(3-4-16)7-18-11/h6-7,10H,1-5,8,16H2. The second kappa shape index (κ2) is 5.73. The Kier molecular flexibility index (Phi) is 4.24. The molecule has 0 bridgehead atoms. The van der Waals surface area contributed by atoms with Gasteiger partial charge in [-0.15, -0.1) is 0 Å². The van der Waals surface area contributed by atoms with Gasteiger partial charge in [0.15, 0.2) is 0 Å². The van der Waals surface area contributed by atoms with E-state index in [2.05, 4.69) is 9.97 Å². The number of hydrogen-bond donors (Lipinski definition) is 1. The molecule has 19 heavy (non-hydrogen) atoms. The lowest BCUT2D eigenvalue weighted by atomic mass is 9.98. The van der Waals surface area contributed by atoms with Crippen LogP contribution in [0, 0.1) is 5.92 Å². The van der Waals surface area contributed by atoms with Gasteiger partial charge in [-0.2, -0.15) is 13.2 Å². The van der Waals surface area contributed by atoms with Gasteiger partial charge in [-0.05, 0) is 31.4 Å². The topological polar surface area (TPSA) is 55.0 Å². The Balaban J connectivity index is 2.04. The zero-order chi connectivity index (χ0) is 13.9. The summed E-state index contributed by atoms with van der Waals surface area (Å²) in [5.41, 5.74) is 6.32. The molecule has 2 N–H and O–H groups in total. The fourth-order valence-electron chi connectivity index (χ4n) is 2.23. The summed E-state index contributed by atoms with van der Waals surface area (Å²) in [6, 6.07) is 0. The van der Waals surface area contributed by atoms with Crippen LogP contribution >= 0.6 is 0 Å². The van der Waals surface area contributed by atoms with Crippen LogP contribution in [0.15, 0.2) is 12.4 Å². The molecule has 2 heterocycles. The molecule has 1 aromatic heterocycles. The van der Waals surface area contributed by atoms with Crippen LogP contribution in [0.4, 0.5) is 19.1 Å². The van der Waals surface area contributed by atoms with Crippen LogP contribution in [-0.4, -0.2) is 35.8 Å². The van der Waals surface area contributed by atoms with Gasteiger partial charge in [0.25, 0.3) is 0 Å². The third-order valence-corrected chi connectivity index (χ3v) is 3.29. The van der Waals surface area contributed by atoms with Gasteiger partial charge in [0.2, 0.25) is 5.95 Å². The summed E-state index contributed by atoms with van der Waals surface area (Å²) >= 11 is 0. The molecule has 4 nitrogen and oxygen atoms in total. The van der Waals surface area contributed by atoms with E-state index in [1.165, 1.54) is 0 Å². The van der Waals surface area contributed by atoms with Crippen LogP contribution in [0.2, 0.25) is 0 Å². The number of aromatic nitrogens is 2. The minimum Gasteiger partial charge on any atom is -0.340 e. The number of alkyl halides is 3. The third kappa shape index (κ3) is 3.56. The highest BCUT2D eigenvalue weighted by Gasteiger charge is 2.42. The summed E-state index contributed by atoms with van der Waals surface area (Å²) in [7, 11) is 0. The second-order valence-corrected chi connectivity index (χ2v) is 4.76. The van der Waals surface area contributed by atoms with E-state index < -0.39 is 12.1 Å². The molecule has 1 atom stereocenters. The van der Waals surface area contributed by atoms with Crippen molar-refractivity contribution in [3.63, 3.8) is 0 Å². The van der Waals surface area contributed by atoms with E-state index in [0.717, 1.165) is 5.56 Å². The maximum absolute atomic E-state index is 12.7. The normalized spacial score (nSPS) is 20.6. The minimum absolute atomic E-state index is 0.0558. The van der Waals surface area contributed by atoms with E-state index >= 15 is 0 Å². The summed E-state index contributed by atoms with van der Waals surface area (Å²) < 4.78 is 38.1. The Morgan fingerprint density at radius 1 is 1.32 bits per heavy atom. The zero-order valence-corrected chi connectivity index (χ0v) is 10.5. The predicted molar refractivity (Wildman–Crippen MR) is 65.8 cm³/mol. The number of nitrogens with zero attached hydrogens (tertiary/aromatic N) is 3. The van der Waals surface area contributed by atoms with Crippen LogP contribution in [0.5, 0.6) is 0 Å². The van der Waals surface area contributed by atoms with Gasteiger partial charge in [-0.25, -0.2) is 9.97 Å². The quantitative estimate of drug-likeness (QED) is 0.912. The SMILES string of the molecule is NCCc1cnc(N2CCCC(C(F)(F)F)C2)nc1. The van der Waals surface area contributed by atoms with Crippen molar-refractivity contribution in [1.82, 2.24) is 9.97 Å². The smallest absolute Gasteiger partial charge is 0.340 e. The van der Waals surface area contributed by atoms with Crippen molar-refractivity contribution in [3.05, 3.63) is 18.0 Å². The van der Waals surface area contributed by atoms with Crippen LogP contribution in [-0.2, 0) is 6.42 Å². The van der Waals surface area contributed by atoms with E-state index in [1.807, 2.05) is 0 Å². The molecule has 1 aliphatic heterocycles. The first-order valence-electron chi connectivity index (χ1n) is 6.33. The molecule has 0 spiro atoms. The van der Waals surface area contributed by atoms with E-state index in [4.69, 9.17) is 5.73 Å². The van der Waals surface area contributed by atoms with Crippen LogP contribution in [0.1, 0.15) is 18.4 Å². The number of rotatable bonds is 3. The van der Waals surface area contributed by atoms with Gasteiger partial charge in [0.1, 0.15) is 0 Å². The Morgan fingerprint density at radius 2 is 2.00 bits per heavy atom. The second-order valence-electron chi connectivity index (χ2n) is 4.76. The molecule has 2 rings (SSSR count). The zero-order valence-electron chi connectivity index (χ0n) is 10.5. The van der Waals surface area contributed by atoms with Crippen molar-refractivity contribution < 1.29 is 13.2 Å². The van der Waals surface area contributed by atoms with Gasteiger partial charge >= 0.3 is 6.18 Å². The first-order chi connectivity index (χ1) is 9.00. The molecule has 1 fully saturated rings. The Bertz CT molecular complexity index is 404. The molecular formula is C12H17F3N4. The number of hydrogen-bond acceptors (Lipinski definition) is 4. The van der Waals surface area contributed by atoms with Crippen LogP contribution in [0.3, 0.4) is 0 Å². The van der Waals surface area contributed by atoms with E-state index in [9.17, 15) is 13.2 Å². The Morgan fingerprint density at radius 3 is 2.58 bits per heavy atom. The third-order valence-electron chi connectivity index (χ3n) is 3.29. The predicted octanol–water partition coefficient (Wildman–Crippen LogP) is 1.76. The number of halogens is 3. The Labute approximate surface area is 109 Å².